The SMILES string of the molecule is CC(C)O[C@H]1[C@@H](F)[C@H](n2ccc(=O)[nH]c2=O)O[C@@H]1/C=C/P(C)(=O)O. The molecule has 0 aromatic carbocycles. The van der Waals surface area contributed by atoms with Gasteiger partial charge in [0, 0.05) is 18.9 Å². The number of halogens is 1. The fourth-order valence-corrected chi connectivity index (χ4v) is 2.86. The summed E-state index contributed by atoms with van der Waals surface area (Å²) in [5.41, 5.74) is -1.42. The number of rotatable bonds is 5. The van der Waals surface area contributed by atoms with Gasteiger partial charge in [-0.2, -0.15) is 0 Å². The largest absolute Gasteiger partial charge is 0.369 e. The highest BCUT2D eigenvalue weighted by atomic mass is 31.2. The lowest BCUT2D eigenvalue weighted by Gasteiger charge is -2.20. The molecule has 1 aromatic rings. The smallest absolute Gasteiger partial charge is 0.330 e. The maximum atomic E-state index is 14.8. The van der Waals surface area contributed by atoms with Crippen LogP contribution < -0.4 is 11.2 Å². The third-order valence-electron chi connectivity index (χ3n) is 3.31. The maximum absolute atomic E-state index is 14.8. The molecule has 134 valence electrons. The van der Waals surface area contributed by atoms with E-state index in [1.165, 1.54) is 6.08 Å². The van der Waals surface area contributed by atoms with E-state index < -0.39 is 43.2 Å². The topological polar surface area (TPSA) is 111 Å². The van der Waals surface area contributed by atoms with Crippen LogP contribution in [0, 0.1) is 0 Å². The number of hydrogen-bond acceptors (Lipinski definition) is 5. The molecule has 0 amide bonds. The number of aromatic amines is 1. The first kappa shape index (κ1) is 18.8. The summed E-state index contributed by atoms with van der Waals surface area (Å²) >= 11 is 0. The van der Waals surface area contributed by atoms with Crippen molar-refractivity contribution in [2.45, 2.75) is 44.6 Å². The molecule has 2 heterocycles. The minimum atomic E-state index is -3.46. The van der Waals surface area contributed by atoms with E-state index >= 15 is 0 Å². The third kappa shape index (κ3) is 4.51. The number of nitrogens with zero attached hydrogens (tertiary/aromatic N) is 1. The zero-order chi connectivity index (χ0) is 18.1. The van der Waals surface area contributed by atoms with Gasteiger partial charge in [-0.05, 0) is 25.7 Å². The minimum absolute atomic E-state index is 0.318. The molecule has 1 aliphatic heterocycles. The Bertz CT molecular complexity index is 767. The van der Waals surface area contributed by atoms with Crippen molar-refractivity contribution in [1.82, 2.24) is 9.55 Å². The fourth-order valence-electron chi connectivity index (χ4n) is 2.37. The number of ether oxygens (including phenoxy) is 2. The van der Waals surface area contributed by atoms with Gasteiger partial charge in [-0.25, -0.2) is 9.18 Å². The van der Waals surface area contributed by atoms with Gasteiger partial charge in [0.05, 0.1) is 6.10 Å². The summed E-state index contributed by atoms with van der Waals surface area (Å²) in [6.45, 7) is 4.56. The summed E-state index contributed by atoms with van der Waals surface area (Å²) in [6.07, 6.45) is -2.96. The minimum Gasteiger partial charge on any atom is -0.369 e. The first-order chi connectivity index (χ1) is 11.1. The zero-order valence-electron chi connectivity index (χ0n) is 13.5. The van der Waals surface area contributed by atoms with Crippen molar-refractivity contribution in [1.29, 1.82) is 0 Å². The van der Waals surface area contributed by atoms with E-state index in [1.54, 1.807) is 13.8 Å². The Kier molecular flexibility index (Phi) is 5.59. The van der Waals surface area contributed by atoms with E-state index in [9.17, 15) is 23.4 Å². The van der Waals surface area contributed by atoms with Gasteiger partial charge in [-0.3, -0.25) is 18.9 Å². The molecule has 0 saturated carbocycles. The standard InChI is InChI=1S/C14H20FN2O6P/c1-8(2)22-12-9(5-7-24(3,20)21)23-13(11(12)15)17-6-4-10(18)16-14(17)19/h4-9,11-13H,1-3H3,(H,20,21)(H,16,18,19)/b7-5+/t9-,11-,12-,13-/m1/s1. The summed E-state index contributed by atoms with van der Waals surface area (Å²) in [5.74, 6) is 1.04. The average molecular weight is 362 g/mol. The van der Waals surface area contributed by atoms with Crippen molar-refractivity contribution >= 4 is 7.37 Å². The molecule has 0 bridgehead atoms. The molecule has 1 aliphatic rings. The molecule has 2 rings (SSSR count). The summed E-state index contributed by atoms with van der Waals surface area (Å²) in [5, 5.41) is 0. The summed E-state index contributed by atoms with van der Waals surface area (Å²) < 4.78 is 38.1. The van der Waals surface area contributed by atoms with Gasteiger partial charge in [0.25, 0.3) is 5.56 Å². The van der Waals surface area contributed by atoms with Crippen LogP contribution in [0.2, 0.25) is 0 Å². The first-order valence-corrected chi connectivity index (χ1v) is 9.52. The highest BCUT2D eigenvalue weighted by Crippen LogP contribution is 2.40. The molecule has 5 atom stereocenters. The molecule has 1 fully saturated rings. The van der Waals surface area contributed by atoms with Crippen LogP contribution >= 0.6 is 7.37 Å². The van der Waals surface area contributed by atoms with Crippen molar-refractivity contribution in [3.8, 4) is 0 Å². The Labute approximate surface area is 137 Å². The van der Waals surface area contributed by atoms with Gasteiger partial charge >= 0.3 is 5.69 Å². The van der Waals surface area contributed by atoms with Crippen LogP contribution in [0.5, 0.6) is 0 Å². The van der Waals surface area contributed by atoms with Crippen LogP contribution in [-0.2, 0) is 14.0 Å². The molecule has 10 heteroatoms. The summed E-state index contributed by atoms with van der Waals surface area (Å²) in [7, 11) is -3.46. The normalized spacial score (nSPS) is 30.1. The number of nitrogens with one attached hydrogen (secondary N) is 1. The van der Waals surface area contributed by atoms with Crippen LogP contribution in [0.15, 0.2) is 33.7 Å². The van der Waals surface area contributed by atoms with E-state index in [4.69, 9.17) is 9.47 Å². The first-order valence-electron chi connectivity index (χ1n) is 7.34. The van der Waals surface area contributed by atoms with Crippen LogP contribution in [0.1, 0.15) is 20.1 Å². The zero-order valence-corrected chi connectivity index (χ0v) is 14.4. The molecular formula is C14H20FN2O6P. The molecule has 8 nitrogen and oxygen atoms in total. The molecule has 0 radical (unpaired) electrons. The fraction of sp³-hybridized carbons (Fsp3) is 0.571. The summed E-state index contributed by atoms with van der Waals surface area (Å²) in [4.78, 5) is 34.3. The van der Waals surface area contributed by atoms with Crippen molar-refractivity contribution in [2.24, 2.45) is 0 Å². The molecule has 1 aromatic heterocycles. The van der Waals surface area contributed by atoms with Crippen LogP contribution in [0.4, 0.5) is 4.39 Å². The number of hydrogen-bond donors (Lipinski definition) is 2. The highest BCUT2D eigenvalue weighted by Gasteiger charge is 2.46. The van der Waals surface area contributed by atoms with Gasteiger partial charge in [0.1, 0.15) is 12.2 Å². The average Bonchev–Trinajstić information content (AvgIpc) is 2.73. The lowest BCUT2D eigenvalue weighted by molar-refractivity contribution is -0.0395. The van der Waals surface area contributed by atoms with Crippen molar-refractivity contribution in [2.75, 3.05) is 6.66 Å². The number of H-pyrrole nitrogens is 1. The molecule has 1 unspecified atom stereocenters. The van der Waals surface area contributed by atoms with Crippen molar-refractivity contribution in [3.05, 3.63) is 45.0 Å². The van der Waals surface area contributed by atoms with Gasteiger partial charge in [0.15, 0.2) is 12.4 Å². The quantitative estimate of drug-likeness (QED) is 0.756. The number of alkyl halides is 1. The lowest BCUT2D eigenvalue weighted by Crippen LogP contribution is -2.37. The second-order valence-corrected chi connectivity index (χ2v) is 8.07. The molecule has 0 spiro atoms. The van der Waals surface area contributed by atoms with E-state index in [0.717, 1.165) is 29.3 Å². The van der Waals surface area contributed by atoms with E-state index in [2.05, 4.69) is 0 Å². The van der Waals surface area contributed by atoms with Gasteiger partial charge in [-0.15, -0.1) is 0 Å². The Morgan fingerprint density at radius 2 is 2.17 bits per heavy atom. The summed E-state index contributed by atoms with van der Waals surface area (Å²) in [6, 6.07) is 1.08. The van der Waals surface area contributed by atoms with Crippen LogP contribution in [0.3, 0.4) is 0 Å². The van der Waals surface area contributed by atoms with Crippen molar-refractivity contribution in [3.63, 3.8) is 0 Å². The van der Waals surface area contributed by atoms with Gasteiger partial charge in [-0.1, -0.05) is 0 Å². The van der Waals surface area contributed by atoms with E-state index in [0.29, 0.717) is 0 Å². The van der Waals surface area contributed by atoms with Crippen LogP contribution in [0.25, 0.3) is 0 Å². The van der Waals surface area contributed by atoms with Crippen molar-refractivity contribution < 1.29 is 23.3 Å². The molecule has 0 aliphatic carbocycles. The Morgan fingerprint density at radius 3 is 2.71 bits per heavy atom. The molecule has 24 heavy (non-hydrogen) atoms. The van der Waals surface area contributed by atoms with E-state index in [-0.39, 0.29) is 6.10 Å². The predicted molar refractivity (Wildman–Crippen MR) is 85.0 cm³/mol. The second-order valence-electron chi connectivity index (χ2n) is 5.89. The predicted octanol–water partition coefficient (Wildman–Crippen LogP) is 0.980. The van der Waals surface area contributed by atoms with E-state index in [1.807, 2.05) is 4.98 Å². The molecular weight excluding hydrogens is 342 g/mol. The number of aromatic nitrogens is 2. The van der Waals surface area contributed by atoms with Gasteiger partial charge < -0.3 is 14.4 Å². The molecule has 2 N–H and O–H groups in total. The highest BCUT2D eigenvalue weighted by molar-refractivity contribution is 7.60. The third-order valence-corrected chi connectivity index (χ3v) is 4.04. The van der Waals surface area contributed by atoms with Crippen LogP contribution in [-0.4, -0.2) is 45.6 Å². The maximum Gasteiger partial charge on any atom is 0.330 e. The molecule has 1 saturated heterocycles. The monoisotopic (exact) mass is 362 g/mol. The lowest BCUT2D eigenvalue weighted by atomic mass is 10.1. The second kappa shape index (κ2) is 7.14. The van der Waals surface area contributed by atoms with Gasteiger partial charge in [0.2, 0.25) is 7.37 Å². The Hall–Kier alpha value is -1.54. The Balaban J connectivity index is 2.35. The Morgan fingerprint density at radius 1 is 1.50 bits per heavy atom.